The van der Waals surface area contributed by atoms with Crippen LogP contribution in [0.4, 0.5) is 4.79 Å². The maximum atomic E-state index is 11.2. The van der Waals surface area contributed by atoms with Gasteiger partial charge in [0.05, 0.1) is 0 Å². The number of carboxylic acid groups (broad SMARTS) is 2. The van der Waals surface area contributed by atoms with Gasteiger partial charge in [-0.1, -0.05) is 6.92 Å². The van der Waals surface area contributed by atoms with Crippen LogP contribution in [0.2, 0.25) is 0 Å². The van der Waals surface area contributed by atoms with Crippen molar-refractivity contribution in [1.82, 2.24) is 9.80 Å². The number of hydrogen-bond donors (Lipinski definition) is 2. The van der Waals surface area contributed by atoms with Gasteiger partial charge in [-0.05, 0) is 13.3 Å². The van der Waals surface area contributed by atoms with E-state index in [1.54, 1.807) is 11.8 Å². The average molecular weight is 300 g/mol. The van der Waals surface area contributed by atoms with E-state index in [0.29, 0.717) is 32.7 Å². The zero-order valence-corrected chi connectivity index (χ0v) is 10.7. The second-order valence-electron chi connectivity index (χ2n) is 4.17. The van der Waals surface area contributed by atoms with Crippen molar-refractivity contribution in [1.29, 1.82) is 0 Å². The number of rotatable bonds is 5. The van der Waals surface area contributed by atoms with E-state index >= 15 is 0 Å². The van der Waals surface area contributed by atoms with E-state index in [4.69, 9.17) is 14.9 Å². The van der Waals surface area contributed by atoms with Gasteiger partial charge in [-0.15, -0.1) is 0 Å². The summed E-state index contributed by atoms with van der Waals surface area (Å²) < 4.78 is 5.23. The Morgan fingerprint density at radius 3 is 2.37 bits per heavy atom. The molecule has 0 aliphatic carbocycles. The molecule has 0 aromatic heterocycles. The normalized spacial score (nSPS) is 21.6. The first-order chi connectivity index (χ1) is 8.51. The third kappa shape index (κ3) is 5.29. The van der Waals surface area contributed by atoms with Gasteiger partial charge in [-0.25, -0.2) is 9.59 Å². The Hall–Kier alpha value is 0.296. The first kappa shape index (κ1) is 19.3. The van der Waals surface area contributed by atoms with Gasteiger partial charge in [0.15, 0.2) is 0 Å². The molecule has 8 heteroatoms. The van der Waals surface area contributed by atoms with Crippen molar-refractivity contribution in [2.45, 2.75) is 32.5 Å². The van der Waals surface area contributed by atoms with Crippen LogP contribution in [0.1, 0.15) is 20.3 Å². The third-order valence-electron chi connectivity index (χ3n) is 3.11. The van der Waals surface area contributed by atoms with Crippen molar-refractivity contribution < 1.29 is 24.5 Å². The van der Waals surface area contributed by atoms with Crippen LogP contribution in [0.3, 0.4) is 0 Å². The Balaban J connectivity index is 0.00000324. The van der Waals surface area contributed by atoms with Gasteiger partial charge in [0.25, 0.3) is 0 Å². The number of hydrogen-bond acceptors (Lipinski definition) is 4. The van der Waals surface area contributed by atoms with Gasteiger partial charge in [-0.2, -0.15) is 0 Å². The van der Waals surface area contributed by atoms with E-state index < -0.39 is 18.3 Å². The molecule has 106 valence electrons. The number of nitrogens with zero attached hydrogens (tertiary/aromatic N) is 2. The van der Waals surface area contributed by atoms with Crippen LogP contribution >= 0.6 is 0 Å². The molecule has 1 fully saturated rings. The average Bonchev–Trinajstić information content (AvgIpc) is 2.34. The van der Waals surface area contributed by atoms with Gasteiger partial charge in [0.1, 0.15) is 0 Å². The van der Waals surface area contributed by atoms with Gasteiger partial charge < -0.3 is 19.8 Å². The molecule has 0 spiro atoms. The molecule has 1 amide bonds. The molecule has 1 aliphatic heterocycles. The summed E-state index contributed by atoms with van der Waals surface area (Å²) in [7, 11) is 0. The Kier molecular flexibility index (Phi) is 9.42. The standard InChI is InChI=1S/C11H20N2O5.K.H/c1-3-8-7-12(11(16)17)5-6-13(8)9(10(14)15)18-4-2;;/h8-9H,3-7H2,1-2H3,(H,14,15)(H,16,17);;. The number of ether oxygens (including phenoxy) is 1. The molecule has 2 atom stereocenters. The first-order valence-corrected chi connectivity index (χ1v) is 6.09. The Bertz CT molecular complexity index is 315. The summed E-state index contributed by atoms with van der Waals surface area (Å²) in [5.74, 6) is -1.03. The van der Waals surface area contributed by atoms with E-state index in [-0.39, 0.29) is 57.4 Å². The van der Waals surface area contributed by atoms with Crippen molar-refractivity contribution >= 4 is 63.4 Å². The van der Waals surface area contributed by atoms with Crippen LogP contribution in [-0.2, 0) is 9.53 Å². The van der Waals surface area contributed by atoms with Crippen LogP contribution in [0.5, 0.6) is 0 Å². The summed E-state index contributed by atoms with van der Waals surface area (Å²) in [6, 6.07) is -0.123. The monoisotopic (exact) mass is 300 g/mol. The molecule has 0 aromatic rings. The predicted octanol–water partition coefficient (Wildman–Crippen LogP) is -0.141. The van der Waals surface area contributed by atoms with Crippen molar-refractivity contribution in [2.75, 3.05) is 26.2 Å². The van der Waals surface area contributed by atoms with Crippen LogP contribution in [-0.4, -0.2) is 122 Å². The zero-order valence-electron chi connectivity index (χ0n) is 10.7. The second-order valence-corrected chi connectivity index (χ2v) is 4.17. The second kappa shape index (κ2) is 9.27. The summed E-state index contributed by atoms with van der Waals surface area (Å²) in [6.07, 6.45) is -1.27. The zero-order chi connectivity index (χ0) is 13.7. The third-order valence-corrected chi connectivity index (χ3v) is 3.11. The van der Waals surface area contributed by atoms with Gasteiger partial charge >= 0.3 is 63.4 Å². The van der Waals surface area contributed by atoms with Crippen LogP contribution in [0, 0.1) is 0 Å². The van der Waals surface area contributed by atoms with E-state index in [1.165, 1.54) is 4.90 Å². The Morgan fingerprint density at radius 2 is 1.95 bits per heavy atom. The molecule has 2 N–H and O–H groups in total. The predicted molar refractivity (Wildman–Crippen MR) is 70.6 cm³/mol. The van der Waals surface area contributed by atoms with Gasteiger partial charge in [0, 0.05) is 32.3 Å². The Morgan fingerprint density at radius 1 is 1.32 bits per heavy atom. The van der Waals surface area contributed by atoms with E-state index in [2.05, 4.69) is 0 Å². The number of amides is 1. The molecule has 0 radical (unpaired) electrons. The van der Waals surface area contributed by atoms with E-state index in [1.807, 2.05) is 6.92 Å². The quantitative estimate of drug-likeness (QED) is 0.687. The SMILES string of the molecule is CCOC(C(=O)O)N1CCN(C(=O)O)CC1CC.[KH]. The molecule has 0 aromatic carbocycles. The molecular weight excluding hydrogens is 279 g/mol. The summed E-state index contributed by atoms with van der Waals surface area (Å²) in [5, 5.41) is 18.1. The van der Waals surface area contributed by atoms with Gasteiger partial charge in [0.2, 0.25) is 6.23 Å². The number of piperazine rings is 1. The van der Waals surface area contributed by atoms with Crippen LogP contribution in [0.25, 0.3) is 0 Å². The van der Waals surface area contributed by atoms with Crippen molar-refractivity contribution in [2.24, 2.45) is 0 Å². The van der Waals surface area contributed by atoms with Crippen LogP contribution in [0.15, 0.2) is 0 Å². The molecule has 1 aliphatic rings. The molecule has 1 heterocycles. The summed E-state index contributed by atoms with van der Waals surface area (Å²) >= 11 is 0. The molecule has 1 saturated heterocycles. The number of carbonyl (C=O) groups is 2. The minimum absolute atomic E-state index is 0. The topological polar surface area (TPSA) is 90.3 Å². The fraction of sp³-hybridized carbons (Fsp3) is 0.818. The number of carboxylic acids is 1. The van der Waals surface area contributed by atoms with Crippen molar-refractivity contribution in [3.63, 3.8) is 0 Å². The first-order valence-electron chi connectivity index (χ1n) is 6.09. The molecule has 2 unspecified atom stereocenters. The minimum atomic E-state index is -1.03. The van der Waals surface area contributed by atoms with E-state index in [9.17, 15) is 9.59 Å². The molecule has 1 rings (SSSR count). The molecule has 19 heavy (non-hydrogen) atoms. The van der Waals surface area contributed by atoms with Crippen LogP contribution < -0.4 is 0 Å². The summed E-state index contributed by atoms with van der Waals surface area (Å²) in [5.41, 5.74) is 0. The summed E-state index contributed by atoms with van der Waals surface area (Å²) in [4.78, 5) is 25.1. The maximum absolute atomic E-state index is 11.2. The molecule has 7 nitrogen and oxygen atoms in total. The fourth-order valence-electron chi connectivity index (χ4n) is 2.18. The molecule has 0 saturated carbocycles. The fourth-order valence-corrected chi connectivity index (χ4v) is 2.18. The van der Waals surface area contributed by atoms with E-state index in [0.717, 1.165) is 0 Å². The molecule has 0 bridgehead atoms. The van der Waals surface area contributed by atoms with Gasteiger partial charge in [-0.3, -0.25) is 4.90 Å². The van der Waals surface area contributed by atoms with Crippen molar-refractivity contribution in [3.05, 3.63) is 0 Å². The van der Waals surface area contributed by atoms with Crippen molar-refractivity contribution in [3.8, 4) is 0 Å². The molecular formula is C11H21KN2O5. The Labute approximate surface area is 155 Å². The summed E-state index contributed by atoms with van der Waals surface area (Å²) in [6.45, 7) is 4.97. The number of aliphatic carboxylic acids is 1.